The number of nitrogens with one attached hydrogen (secondary N) is 1. The first-order chi connectivity index (χ1) is 18.0. The Morgan fingerprint density at radius 2 is 1.78 bits per heavy atom. The number of ether oxygens (including phenoxy) is 2. The van der Waals surface area contributed by atoms with Crippen LogP contribution in [0, 0.1) is 5.92 Å². The molecule has 3 saturated heterocycles. The molecule has 1 aromatic rings. The maximum atomic E-state index is 14.0. The summed E-state index contributed by atoms with van der Waals surface area (Å²) in [5, 5.41) is 3.10. The molecule has 2 amide bonds. The Morgan fingerprint density at radius 1 is 1.08 bits per heavy atom. The number of nitrogens with zero attached hydrogens (tertiary/aromatic N) is 2. The molecule has 8 nitrogen and oxygen atoms in total. The molecule has 0 aromatic heterocycles. The standard InChI is InChI=1S/C29H41N3O5/c1-3-36-24-17-32(26-23(33)18-37-27(24)26)29(35)25(21-7-5-4-6-8-21)30-28(34)22-11-9-19(10-12-22)20-13-15-31(2)16-14-20/h9-12,20-21,24-27H,3-8,13-18H2,1-2H3,(H,30,34)/t24-,25-,26+,27+/m0/s1. The number of carbonyl (C=O) groups excluding carboxylic acids is 3. The summed E-state index contributed by atoms with van der Waals surface area (Å²) in [6, 6.07) is 6.62. The van der Waals surface area contributed by atoms with E-state index in [1.807, 2.05) is 19.1 Å². The molecule has 1 aromatic carbocycles. The summed E-state index contributed by atoms with van der Waals surface area (Å²) in [5.74, 6) is 0.0890. The van der Waals surface area contributed by atoms with E-state index >= 15 is 0 Å². The molecule has 0 unspecified atom stereocenters. The van der Waals surface area contributed by atoms with E-state index in [0.717, 1.165) is 58.0 Å². The normalized spacial score (nSPS) is 28.3. The zero-order valence-corrected chi connectivity index (χ0v) is 22.2. The Hall–Kier alpha value is -2.29. The van der Waals surface area contributed by atoms with Gasteiger partial charge in [-0.15, -0.1) is 0 Å². The second-order valence-electron chi connectivity index (χ2n) is 11.2. The minimum Gasteiger partial charge on any atom is -0.374 e. The Morgan fingerprint density at radius 3 is 2.46 bits per heavy atom. The molecule has 1 N–H and O–H groups in total. The first-order valence-corrected chi connectivity index (χ1v) is 14.1. The van der Waals surface area contributed by atoms with Gasteiger partial charge in [0.1, 0.15) is 30.9 Å². The Kier molecular flexibility index (Phi) is 8.27. The first-order valence-electron chi connectivity index (χ1n) is 14.1. The maximum Gasteiger partial charge on any atom is 0.251 e. The monoisotopic (exact) mass is 511 g/mol. The van der Waals surface area contributed by atoms with Crippen LogP contribution in [0.3, 0.4) is 0 Å². The van der Waals surface area contributed by atoms with Crippen LogP contribution in [0.5, 0.6) is 0 Å². The lowest BCUT2D eigenvalue weighted by molar-refractivity contribution is -0.139. The third-order valence-corrected chi connectivity index (χ3v) is 8.84. The van der Waals surface area contributed by atoms with Crippen molar-refractivity contribution in [2.45, 2.75) is 82.1 Å². The summed E-state index contributed by atoms with van der Waals surface area (Å²) in [6.45, 7) is 4.90. The maximum absolute atomic E-state index is 14.0. The molecule has 0 bridgehead atoms. The summed E-state index contributed by atoms with van der Waals surface area (Å²) < 4.78 is 11.5. The van der Waals surface area contributed by atoms with Crippen LogP contribution in [0.15, 0.2) is 24.3 Å². The summed E-state index contributed by atoms with van der Waals surface area (Å²) >= 11 is 0. The van der Waals surface area contributed by atoms with Crippen LogP contribution in [0.4, 0.5) is 0 Å². The lowest BCUT2D eigenvalue weighted by atomic mass is 9.83. The number of Topliss-reactive ketones (excluding diaryl/α,β-unsaturated/α-hetero) is 1. The SMILES string of the molecule is CCO[C@H]1CN(C(=O)[C@@H](NC(=O)c2ccc(C3CCN(C)CC3)cc2)C2CCCCC2)[C@@H]2C(=O)CO[C@H]12. The van der Waals surface area contributed by atoms with Gasteiger partial charge in [0.05, 0.1) is 6.54 Å². The summed E-state index contributed by atoms with van der Waals surface area (Å²) in [6.07, 6.45) is 6.55. The van der Waals surface area contributed by atoms with Crippen molar-refractivity contribution in [1.29, 1.82) is 0 Å². The van der Waals surface area contributed by atoms with Crippen LogP contribution in [-0.2, 0) is 19.1 Å². The van der Waals surface area contributed by atoms with Gasteiger partial charge in [-0.3, -0.25) is 14.4 Å². The second kappa shape index (κ2) is 11.6. The van der Waals surface area contributed by atoms with Gasteiger partial charge in [0, 0.05) is 12.2 Å². The number of hydrogen-bond donors (Lipinski definition) is 1. The van der Waals surface area contributed by atoms with Crippen molar-refractivity contribution >= 4 is 17.6 Å². The van der Waals surface area contributed by atoms with Crippen molar-refractivity contribution in [3.63, 3.8) is 0 Å². The summed E-state index contributed by atoms with van der Waals surface area (Å²) in [5.41, 5.74) is 1.84. The Bertz CT molecular complexity index is 968. The molecular formula is C29H41N3O5. The quantitative estimate of drug-likeness (QED) is 0.606. The van der Waals surface area contributed by atoms with Gasteiger partial charge in [-0.2, -0.15) is 0 Å². The number of amides is 2. The van der Waals surface area contributed by atoms with Gasteiger partial charge < -0.3 is 24.6 Å². The van der Waals surface area contributed by atoms with Crippen molar-refractivity contribution in [3.05, 3.63) is 35.4 Å². The van der Waals surface area contributed by atoms with E-state index in [4.69, 9.17) is 9.47 Å². The molecule has 0 radical (unpaired) electrons. The number of carbonyl (C=O) groups is 3. The molecule has 1 aliphatic carbocycles. The molecule has 4 aliphatic rings. The van der Waals surface area contributed by atoms with Crippen molar-refractivity contribution < 1.29 is 23.9 Å². The smallest absolute Gasteiger partial charge is 0.251 e. The fourth-order valence-corrected chi connectivity index (χ4v) is 6.70. The van der Waals surface area contributed by atoms with E-state index < -0.39 is 18.2 Å². The molecule has 3 heterocycles. The summed E-state index contributed by atoms with van der Waals surface area (Å²) in [7, 11) is 2.16. The third kappa shape index (κ3) is 5.61. The largest absolute Gasteiger partial charge is 0.374 e. The molecular weight excluding hydrogens is 470 g/mol. The predicted molar refractivity (Wildman–Crippen MR) is 139 cm³/mol. The van der Waals surface area contributed by atoms with Gasteiger partial charge in [0.2, 0.25) is 5.91 Å². The van der Waals surface area contributed by atoms with Gasteiger partial charge in [0.25, 0.3) is 5.91 Å². The number of piperidine rings is 1. The van der Waals surface area contributed by atoms with Crippen LogP contribution < -0.4 is 5.32 Å². The first kappa shape index (κ1) is 26.3. The minimum atomic E-state index is -0.657. The van der Waals surface area contributed by atoms with Gasteiger partial charge in [-0.25, -0.2) is 0 Å². The fraction of sp³-hybridized carbons (Fsp3) is 0.690. The van der Waals surface area contributed by atoms with Crippen LogP contribution in [0.1, 0.15) is 73.7 Å². The summed E-state index contributed by atoms with van der Waals surface area (Å²) in [4.78, 5) is 44.0. The van der Waals surface area contributed by atoms with E-state index in [1.54, 1.807) is 4.90 Å². The molecule has 0 spiro atoms. The lowest BCUT2D eigenvalue weighted by Gasteiger charge is -2.34. The van der Waals surface area contributed by atoms with Gasteiger partial charge >= 0.3 is 0 Å². The van der Waals surface area contributed by atoms with E-state index in [1.165, 1.54) is 5.56 Å². The van der Waals surface area contributed by atoms with E-state index in [0.29, 0.717) is 24.6 Å². The highest BCUT2D eigenvalue weighted by molar-refractivity contribution is 5.99. The number of benzene rings is 1. The Balaban J connectivity index is 1.31. The third-order valence-electron chi connectivity index (χ3n) is 8.84. The zero-order valence-electron chi connectivity index (χ0n) is 22.2. The zero-order chi connectivity index (χ0) is 25.9. The van der Waals surface area contributed by atoms with Gasteiger partial charge in [-0.1, -0.05) is 31.4 Å². The van der Waals surface area contributed by atoms with E-state index in [-0.39, 0.29) is 36.2 Å². The highest BCUT2D eigenvalue weighted by Gasteiger charge is 2.54. The fourth-order valence-electron chi connectivity index (χ4n) is 6.70. The van der Waals surface area contributed by atoms with Crippen molar-refractivity contribution in [3.8, 4) is 0 Å². The molecule has 3 aliphatic heterocycles. The van der Waals surface area contributed by atoms with Gasteiger partial charge in [-0.05, 0) is 82.3 Å². The number of fused-ring (bicyclic) bond motifs is 1. The van der Waals surface area contributed by atoms with Crippen LogP contribution >= 0.6 is 0 Å². The average molecular weight is 512 g/mol. The molecule has 4 atom stereocenters. The minimum absolute atomic E-state index is 0.00672. The average Bonchev–Trinajstić information content (AvgIpc) is 3.49. The second-order valence-corrected chi connectivity index (χ2v) is 11.2. The van der Waals surface area contributed by atoms with Crippen LogP contribution in [0.25, 0.3) is 0 Å². The van der Waals surface area contributed by atoms with Crippen LogP contribution in [0.2, 0.25) is 0 Å². The van der Waals surface area contributed by atoms with Crippen molar-refractivity contribution in [1.82, 2.24) is 15.1 Å². The predicted octanol–water partition coefficient (Wildman–Crippen LogP) is 2.76. The molecule has 8 heteroatoms. The van der Waals surface area contributed by atoms with Crippen molar-refractivity contribution in [2.75, 3.05) is 39.9 Å². The molecule has 1 saturated carbocycles. The lowest BCUT2D eigenvalue weighted by Crippen LogP contribution is -2.55. The highest BCUT2D eigenvalue weighted by atomic mass is 16.6. The highest BCUT2D eigenvalue weighted by Crippen LogP contribution is 2.33. The molecule has 4 fully saturated rings. The molecule has 5 rings (SSSR count). The number of likely N-dealkylation sites (tertiary alicyclic amines) is 2. The topological polar surface area (TPSA) is 88.2 Å². The van der Waals surface area contributed by atoms with Crippen molar-refractivity contribution in [2.24, 2.45) is 5.92 Å². The number of ketones is 1. The van der Waals surface area contributed by atoms with E-state index in [9.17, 15) is 14.4 Å². The van der Waals surface area contributed by atoms with Crippen LogP contribution in [-0.4, -0.2) is 91.6 Å². The number of rotatable bonds is 7. The van der Waals surface area contributed by atoms with E-state index in [2.05, 4.69) is 29.4 Å². The molecule has 37 heavy (non-hydrogen) atoms. The Labute approximate surface area is 220 Å². The van der Waals surface area contributed by atoms with Gasteiger partial charge in [0.15, 0.2) is 5.78 Å². The number of hydrogen-bond acceptors (Lipinski definition) is 6. The molecule has 202 valence electrons.